The van der Waals surface area contributed by atoms with E-state index in [4.69, 9.17) is 4.74 Å². The second-order valence-electron chi connectivity index (χ2n) is 11.6. The van der Waals surface area contributed by atoms with Gasteiger partial charge < -0.3 is 4.74 Å². The lowest BCUT2D eigenvalue weighted by Crippen LogP contribution is -2.62. The third-order valence-corrected chi connectivity index (χ3v) is 10.5. The van der Waals surface area contributed by atoms with Crippen molar-refractivity contribution in [1.29, 1.82) is 0 Å². The summed E-state index contributed by atoms with van der Waals surface area (Å²) in [4.78, 5) is 2.94. The molecule has 5 saturated carbocycles. The summed E-state index contributed by atoms with van der Waals surface area (Å²) in [6.07, 6.45) is 9.96. The average Bonchev–Trinajstić information content (AvgIpc) is 2.70. The summed E-state index contributed by atoms with van der Waals surface area (Å²) in [5.74, 6) is 4.68. The van der Waals surface area contributed by atoms with Crippen LogP contribution >= 0.6 is 0 Å². The van der Waals surface area contributed by atoms with Crippen molar-refractivity contribution in [3.63, 3.8) is 0 Å². The molecule has 1 aliphatic heterocycles. The molecule has 0 spiro atoms. The molecule has 1 heterocycles. The molecule has 0 aromatic carbocycles. The lowest BCUT2D eigenvalue weighted by molar-refractivity contribution is -0.184. The first-order valence-electron chi connectivity index (χ1n) is 11.1. The molecule has 5 atom stereocenters. The summed E-state index contributed by atoms with van der Waals surface area (Å²) in [6.45, 7) is 13.0. The maximum atomic E-state index is 6.10. The van der Waals surface area contributed by atoms with Crippen molar-refractivity contribution < 1.29 is 4.74 Å². The van der Waals surface area contributed by atoms with Crippen LogP contribution in [-0.2, 0) is 4.74 Å². The van der Waals surface area contributed by atoms with Crippen molar-refractivity contribution in [2.45, 2.75) is 84.3 Å². The van der Waals surface area contributed by atoms with Crippen molar-refractivity contribution in [2.75, 3.05) is 20.2 Å². The van der Waals surface area contributed by atoms with Gasteiger partial charge >= 0.3 is 0 Å². The first-order valence-corrected chi connectivity index (χ1v) is 11.1. The van der Waals surface area contributed by atoms with E-state index >= 15 is 0 Å². The predicted molar refractivity (Wildman–Crippen MR) is 102 cm³/mol. The lowest BCUT2D eigenvalue weighted by atomic mass is 9.48. The third kappa shape index (κ3) is 2.22. The number of rotatable bonds is 3. The van der Waals surface area contributed by atoms with Gasteiger partial charge in [-0.2, -0.15) is 0 Å². The first kappa shape index (κ1) is 17.0. The SMILES string of the molecule is COC12CC3C[C@H](C1)C([C@@H](C)N1C[C@@H]4CC[C@@](C)(C1)C4(C)C)[C@H](C3)C2. The van der Waals surface area contributed by atoms with Gasteiger partial charge in [-0.1, -0.05) is 20.8 Å². The van der Waals surface area contributed by atoms with Gasteiger partial charge in [0.1, 0.15) is 0 Å². The molecule has 6 bridgehead atoms. The van der Waals surface area contributed by atoms with Crippen LogP contribution in [0.3, 0.4) is 0 Å². The Labute approximate surface area is 155 Å². The van der Waals surface area contributed by atoms with E-state index in [1.165, 1.54) is 58.0 Å². The first-order chi connectivity index (χ1) is 11.8. The van der Waals surface area contributed by atoms with Gasteiger partial charge in [0.25, 0.3) is 0 Å². The molecule has 6 rings (SSSR count). The highest BCUT2D eigenvalue weighted by Crippen LogP contribution is 2.63. The standard InChI is InChI=1S/C23H39NO/c1-15(24-13-19-6-7-22(4,14-24)21(19,2)3)20-17-8-16-9-18(20)12-23(10-16,11-17)25-5/h15-20H,6-14H2,1-5H3/t15-,16?,17-,18-,19+,20?,22+,23?/m1/s1. The molecule has 0 aromatic rings. The molecule has 2 nitrogen and oxygen atoms in total. The summed E-state index contributed by atoms with van der Waals surface area (Å²) in [5.41, 5.74) is 1.33. The summed E-state index contributed by atoms with van der Waals surface area (Å²) < 4.78 is 6.10. The highest BCUT2D eigenvalue weighted by Gasteiger charge is 2.60. The van der Waals surface area contributed by atoms with Crippen LogP contribution in [0.25, 0.3) is 0 Å². The van der Waals surface area contributed by atoms with Crippen molar-refractivity contribution in [2.24, 2.45) is 40.4 Å². The number of fused-ring (bicyclic) bond motifs is 2. The zero-order valence-electron chi connectivity index (χ0n) is 17.2. The van der Waals surface area contributed by atoms with Gasteiger partial charge in [-0.05, 0) is 92.3 Å². The molecule has 0 unspecified atom stereocenters. The Hall–Kier alpha value is -0.0800. The second kappa shape index (κ2) is 5.25. The van der Waals surface area contributed by atoms with Gasteiger partial charge in [-0.15, -0.1) is 0 Å². The summed E-state index contributed by atoms with van der Waals surface area (Å²) in [6, 6.07) is 0.778. The Morgan fingerprint density at radius 3 is 2.32 bits per heavy atom. The normalized spacial score (nSPS) is 54.8. The van der Waals surface area contributed by atoms with Crippen molar-refractivity contribution in [3.05, 3.63) is 0 Å². The number of piperidine rings is 1. The summed E-state index contributed by atoms with van der Waals surface area (Å²) in [7, 11) is 1.98. The molecule has 142 valence electrons. The molecule has 0 aromatic heterocycles. The quantitative estimate of drug-likeness (QED) is 0.716. The van der Waals surface area contributed by atoms with E-state index in [2.05, 4.69) is 32.6 Å². The smallest absolute Gasteiger partial charge is 0.0687 e. The van der Waals surface area contributed by atoms with E-state index in [1.807, 2.05) is 7.11 Å². The highest BCUT2D eigenvalue weighted by atomic mass is 16.5. The number of methoxy groups -OCH3 is 1. The fourth-order valence-corrected chi connectivity index (χ4v) is 8.65. The van der Waals surface area contributed by atoms with E-state index in [1.54, 1.807) is 0 Å². The molecular formula is C23H39NO. The maximum absolute atomic E-state index is 6.10. The van der Waals surface area contributed by atoms with E-state index < -0.39 is 0 Å². The van der Waals surface area contributed by atoms with E-state index in [0.29, 0.717) is 10.8 Å². The average molecular weight is 346 g/mol. The van der Waals surface area contributed by atoms with Crippen molar-refractivity contribution in [1.82, 2.24) is 4.90 Å². The Bertz CT molecular complexity index is 540. The minimum Gasteiger partial charge on any atom is -0.378 e. The fourth-order valence-electron chi connectivity index (χ4n) is 8.65. The number of hydrogen-bond donors (Lipinski definition) is 0. The zero-order valence-corrected chi connectivity index (χ0v) is 17.2. The topological polar surface area (TPSA) is 12.5 Å². The minimum absolute atomic E-state index is 0.265. The number of hydrogen-bond acceptors (Lipinski definition) is 2. The van der Waals surface area contributed by atoms with Crippen molar-refractivity contribution >= 4 is 0 Å². The van der Waals surface area contributed by atoms with Crippen LogP contribution < -0.4 is 0 Å². The van der Waals surface area contributed by atoms with Crippen LogP contribution in [0.2, 0.25) is 0 Å². The Morgan fingerprint density at radius 2 is 1.72 bits per heavy atom. The monoisotopic (exact) mass is 345 g/mol. The van der Waals surface area contributed by atoms with E-state index in [0.717, 1.165) is 35.6 Å². The lowest BCUT2D eigenvalue weighted by Gasteiger charge is -2.62. The van der Waals surface area contributed by atoms with Crippen LogP contribution in [0.5, 0.6) is 0 Å². The molecule has 2 heteroatoms. The van der Waals surface area contributed by atoms with E-state index in [9.17, 15) is 0 Å². The highest BCUT2D eigenvalue weighted by molar-refractivity contribution is 5.11. The van der Waals surface area contributed by atoms with Crippen LogP contribution in [0.1, 0.15) is 72.6 Å². The Morgan fingerprint density at radius 1 is 1.04 bits per heavy atom. The molecule has 6 fully saturated rings. The Kier molecular flexibility index (Phi) is 3.58. The van der Waals surface area contributed by atoms with Crippen LogP contribution in [0.4, 0.5) is 0 Å². The molecule has 25 heavy (non-hydrogen) atoms. The maximum Gasteiger partial charge on any atom is 0.0687 e. The van der Waals surface area contributed by atoms with Gasteiger partial charge in [0, 0.05) is 26.2 Å². The van der Waals surface area contributed by atoms with Gasteiger partial charge in [-0.3, -0.25) is 4.90 Å². The molecule has 5 aliphatic carbocycles. The molecular weight excluding hydrogens is 306 g/mol. The van der Waals surface area contributed by atoms with Crippen molar-refractivity contribution in [3.8, 4) is 0 Å². The number of likely N-dealkylation sites (tertiary alicyclic amines) is 1. The zero-order chi connectivity index (χ0) is 17.6. The van der Waals surface area contributed by atoms with Gasteiger partial charge in [0.05, 0.1) is 5.60 Å². The summed E-state index contributed by atoms with van der Waals surface area (Å²) >= 11 is 0. The summed E-state index contributed by atoms with van der Waals surface area (Å²) in [5, 5.41) is 0. The molecule has 0 radical (unpaired) electrons. The number of nitrogens with zero attached hydrogens (tertiary/aromatic N) is 1. The van der Waals surface area contributed by atoms with Gasteiger partial charge in [0.2, 0.25) is 0 Å². The third-order valence-electron chi connectivity index (χ3n) is 10.5. The fraction of sp³-hybridized carbons (Fsp3) is 1.00. The van der Waals surface area contributed by atoms with Gasteiger partial charge in [-0.25, -0.2) is 0 Å². The van der Waals surface area contributed by atoms with Gasteiger partial charge in [0.15, 0.2) is 0 Å². The molecule has 1 saturated heterocycles. The number of ether oxygens (including phenoxy) is 1. The second-order valence-corrected chi connectivity index (χ2v) is 11.6. The molecule has 0 N–H and O–H groups in total. The largest absolute Gasteiger partial charge is 0.378 e. The van der Waals surface area contributed by atoms with Crippen LogP contribution in [-0.4, -0.2) is 36.7 Å². The predicted octanol–water partition coefficient (Wildman–Crippen LogP) is 4.97. The van der Waals surface area contributed by atoms with E-state index in [-0.39, 0.29) is 5.60 Å². The molecule has 6 aliphatic rings. The van der Waals surface area contributed by atoms with Crippen LogP contribution in [0.15, 0.2) is 0 Å². The Balaban J connectivity index is 1.37. The minimum atomic E-state index is 0.265. The molecule has 0 amide bonds. The van der Waals surface area contributed by atoms with Crippen LogP contribution in [0, 0.1) is 40.4 Å².